The summed E-state index contributed by atoms with van der Waals surface area (Å²) >= 11 is 0. The molecule has 0 aromatic heterocycles. The van der Waals surface area contributed by atoms with Crippen molar-refractivity contribution in [1.29, 1.82) is 0 Å². The zero-order valence-electron chi connectivity index (χ0n) is 13.8. The molecule has 0 radical (unpaired) electrons. The number of rotatable bonds is 10. The Hall–Kier alpha value is -1.06. The predicted molar refractivity (Wildman–Crippen MR) is 83.4 cm³/mol. The molecular weight excluding hydrogens is 252 g/mol. The minimum absolute atomic E-state index is 0.0719. The quantitative estimate of drug-likeness (QED) is 0.606. The van der Waals surface area contributed by atoms with Gasteiger partial charge in [-0.2, -0.15) is 0 Å². The second-order valence-electron chi connectivity index (χ2n) is 6.31. The lowest BCUT2D eigenvalue weighted by molar-refractivity contribution is -0.129. The largest absolute Gasteiger partial charge is 0.354 e. The number of amides is 2. The molecule has 0 rings (SSSR count). The van der Waals surface area contributed by atoms with E-state index in [1.54, 1.807) is 0 Å². The summed E-state index contributed by atoms with van der Waals surface area (Å²) in [6.45, 7) is 10.5. The normalized spacial score (nSPS) is 12.6. The van der Waals surface area contributed by atoms with Crippen LogP contribution in [0.25, 0.3) is 0 Å². The van der Waals surface area contributed by atoms with Gasteiger partial charge in [-0.05, 0) is 18.3 Å². The molecule has 0 aliphatic carbocycles. The van der Waals surface area contributed by atoms with Gasteiger partial charge in [0.15, 0.2) is 0 Å². The zero-order valence-corrected chi connectivity index (χ0v) is 13.8. The van der Waals surface area contributed by atoms with Crippen molar-refractivity contribution in [2.75, 3.05) is 6.54 Å². The molecular formula is C16H32N2O2. The Morgan fingerprint density at radius 3 is 2.05 bits per heavy atom. The van der Waals surface area contributed by atoms with E-state index >= 15 is 0 Å². The maximum absolute atomic E-state index is 12.0. The molecule has 4 nitrogen and oxygen atoms in total. The van der Waals surface area contributed by atoms with E-state index in [-0.39, 0.29) is 17.7 Å². The van der Waals surface area contributed by atoms with Gasteiger partial charge in [0.25, 0.3) is 0 Å². The van der Waals surface area contributed by atoms with Gasteiger partial charge in [-0.15, -0.1) is 0 Å². The van der Waals surface area contributed by atoms with Crippen molar-refractivity contribution in [1.82, 2.24) is 10.6 Å². The smallest absolute Gasteiger partial charge is 0.242 e. The van der Waals surface area contributed by atoms with Crippen LogP contribution in [0.15, 0.2) is 0 Å². The molecule has 118 valence electrons. The van der Waals surface area contributed by atoms with Crippen molar-refractivity contribution in [3.63, 3.8) is 0 Å². The Balaban J connectivity index is 3.77. The van der Waals surface area contributed by atoms with Crippen LogP contribution >= 0.6 is 0 Å². The summed E-state index contributed by atoms with van der Waals surface area (Å²) in [5, 5.41) is 5.62. The third-order valence-electron chi connectivity index (χ3n) is 3.32. The van der Waals surface area contributed by atoms with Crippen LogP contribution in [0.1, 0.15) is 66.7 Å². The Kier molecular flexibility index (Phi) is 10.1. The highest BCUT2D eigenvalue weighted by atomic mass is 16.2. The topological polar surface area (TPSA) is 58.2 Å². The fourth-order valence-electron chi connectivity index (χ4n) is 2.11. The van der Waals surface area contributed by atoms with Gasteiger partial charge in [-0.1, -0.05) is 53.4 Å². The van der Waals surface area contributed by atoms with Crippen LogP contribution in [0.4, 0.5) is 0 Å². The van der Waals surface area contributed by atoms with Crippen LogP contribution in [0.3, 0.4) is 0 Å². The second kappa shape index (κ2) is 10.7. The lowest BCUT2D eigenvalue weighted by atomic mass is 10.0. The molecule has 0 fully saturated rings. The van der Waals surface area contributed by atoms with Crippen LogP contribution in [0.5, 0.6) is 0 Å². The zero-order chi connectivity index (χ0) is 15.5. The molecule has 0 saturated carbocycles. The summed E-state index contributed by atoms with van der Waals surface area (Å²) in [4.78, 5) is 23.0. The number of unbranched alkanes of at least 4 members (excludes halogenated alkanes) is 3. The minimum Gasteiger partial charge on any atom is -0.354 e. The van der Waals surface area contributed by atoms with E-state index in [1.807, 2.05) is 13.8 Å². The molecule has 1 unspecified atom stereocenters. The van der Waals surface area contributed by atoms with Crippen LogP contribution in [0, 0.1) is 11.8 Å². The van der Waals surface area contributed by atoms with Crippen molar-refractivity contribution < 1.29 is 9.59 Å². The van der Waals surface area contributed by atoms with E-state index in [0.29, 0.717) is 6.54 Å². The van der Waals surface area contributed by atoms with Gasteiger partial charge in [-0.25, -0.2) is 0 Å². The van der Waals surface area contributed by atoms with Gasteiger partial charge in [0, 0.05) is 13.5 Å². The first-order chi connectivity index (χ1) is 9.34. The number of hydrogen-bond donors (Lipinski definition) is 2. The molecule has 0 saturated heterocycles. The standard InChI is InChI=1S/C16H32N2O2/c1-12(2)10-8-6-7-9-11-17-16(20)15(13(3)4)18-14(5)19/h12-13,15H,6-11H2,1-5H3,(H,17,20)(H,18,19). The maximum atomic E-state index is 12.0. The average Bonchev–Trinajstić information content (AvgIpc) is 2.33. The van der Waals surface area contributed by atoms with Gasteiger partial charge < -0.3 is 10.6 Å². The molecule has 4 heteroatoms. The summed E-state index contributed by atoms with van der Waals surface area (Å²) in [7, 11) is 0. The van der Waals surface area contributed by atoms with E-state index in [1.165, 1.54) is 26.2 Å². The van der Waals surface area contributed by atoms with E-state index in [2.05, 4.69) is 24.5 Å². The second-order valence-corrected chi connectivity index (χ2v) is 6.31. The lowest BCUT2D eigenvalue weighted by Gasteiger charge is -2.20. The molecule has 1 atom stereocenters. The SMILES string of the molecule is CC(=O)NC(C(=O)NCCCCCCC(C)C)C(C)C. The van der Waals surface area contributed by atoms with E-state index in [0.717, 1.165) is 18.8 Å². The third-order valence-corrected chi connectivity index (χ3v) is 3.32. The first-order valence-electron chi connectivity index (χ1n) is 7.89. The molecule has 0 aliphatic rings. The summed E-state index contributed by atoms with van der Waals surface area (Å²) in [5.41, 5.74) is 0. The Morgan fingerprint density at radius 2 is 1.55 bits per heavy atom. The lowest BCUT2D eigenvalue weighted by Crippen LogP contribution is -2.49. The molecule has 0 heterocycles. The van der Waals surface area contributed by atoms with Crippen molar-refractivity contribution in [2.45, 2.75) is 72.8 Å². The van der Waals surface area contributed by atoms with Crippen molar-refractivity contribution in [3.05, 3.63) is 0 Å². The highest BCUT2D eigenvalue weighted by Gasteiger charge is 2.22. The molecule has 2 amide bonds. The predicted octanol–water partition coefficient (Wildman–Crippen LogP) is 2.87. The van der Waals surface area contributed by atoms with E-state index in [9.17, 15) is 9.59 Å². The van der Waals surface area contributed by atoms with Crippen molar-refractivity contribution in [3.8, 4) is 0 Å². The average molecular weight is 284 g/mol. The van der Waals surface area contributed by atoms with Crippen LogP contribution in [-0.2, 0) is 9.59 Å². The summed E-state index contributed by atoms with van der Waals surface area (Å²) < 4.78 is 0. The Morgan fingerprint density at radius 1 is 0.950 bits per heavy atom. The number of carbonyl (C=O) groups excluding carboxylic acids is 2. The van der Waals surface area contributed by atoms with Crippen LogP contribution in [0.2, 0.25) is 0 Å². The minimum atomic E-state index is -0.423. The first-order valence-corrected chi connectivity index (χ1v) is 7.89. The molecule has 2 N–H and O–H groups in total. The van der Waals surface area contributed by atoms with Crippen molar-refractivity contribution in [2.24, 2.45) is 11.8 Å². The van der Waals surface area contributed by atoms with Crippen molar-refractivity contribution >= 4 is 11.8 Å². The number of carbonyl (C=O) groups is 2. The molecule has 0 bridgehead atoms. The monoisotopic (exact) mass is 284 g/mol. The molecule has 0 aliphatic heterocycles. The fraction of sp³-hybridized carbons (Fsp3) is 0.875. The first kappa shape index (κ1) is 18.9. The molecule has 0 aromatic rings. The molecule has 0 spiro atoms. The van der Waals surface area contributed by atoms with E-state index in [4.69, 9.17) is 0 Å². The van der Waals surface area contributed by atoms with Gasteiger partial charge >= 0.3 is 0 Å². The third kappa shape index (κ3) is 9.82. The highest BCUT2D eigenvalue weighted by Crippen LogP contribution is 2.09. The molecule has 0 aromatic carbocycles. The summed E-state index contributed by atoms with van der Waals surface area (Å²) in [5.74, 6) is 0.647. The van der Waals surface area contributed by atoms with Gasteiger partial charge in [0.1, 0.15) is 6.04 Å². The van der Waals surface area contributed by atoms with Gasteiger partial charge in [0.2, 0.25) is 11.8 Å². The number of hydrogen-bond acceptors (Lipinski definition) is 2. The highest BCUT2D eigenvalue weighted by molar-refractivity contribution is 5.86. The van der Waals surface area contributed by atoms with Gasteiger partial charge in [-0.3, -0.25) is 9.59 Å². The fourth-order valence-corrected chi connectivity index (χ4v) is 2.11. The van der Waals surface area contributed by atoms with Crippen LogP contribution < -0.4 is 10.6 Å². The maximum Gasteiger partial charge on any atom is 0.242 e. The number of nitrogens with one attached hydrogen (secondary N) is 2. The van der Waals surface area contributed by atoms with Gasteiger partial charge in [0.05, 0.1) is 0 Å². The Labute approximate surface area is 124 Å². The summed E-state index contributed by atoms with van der Waals surface area (Å²) in [6.07, 6.45) is 5.94. The molecule has 20 heavy (non-hydrogen) atoms. The Bertz CT molecular complexity index is 288. The van der Waals surface area contributed by atoms with E-state index < -0.39 is 6.04 Å². The van der Waals surface area contributed by atoms with Crippen LogP contribution in [-0.4, -0.2) is 24.4 Å². The summed E-state index contributed by atoms with van der Waals surface area (Å²) in [6, 6.07) is -0.423.